The van der Waals surface area contributed by atoms with E-state index in [1.54, 1.807) is 18.2 Å². The smallest absolute Gasteiger partial charge is 0.173 e. The number of hydrogen-bond acceptors (Lipinski definition) is 8. The molecule has 0 spiro atoms. The number of aromatic hydroxyl groups is 4. The molecule has 0 radical (unpaired) electrons. The SMILES string of the molecule is COc1cc2cc(C)c(C(C)=O)cc2cc1-c1c(OC)c(O)c2c(O)c(C)c(C(C)=O)c(O)c2c1O. The number of aryl methyl sites for hydroxylation is 1. The van der Waals surface area contributed by atoms with Crippen molar-refractivity contribution in [3.63, 3.8) is 0 Å². The fourth-order valence-corrected chi connectivity index (χ4v) is 4.84. The predicted molar refractivity (Wildman–Crippen MR) is 136 cm³/mol. The van der Waals surface area contributed by atoms with Gasteiger partial charge < -0.3 is 29.9 Å². The van der Waals surface area contributed by atoms with Crippen LogP contribution in [0.3, 0.4) is 0 Å². The summed E-state index contributed by atoms with van der Waals surface area (Å²) in [7, 11) is 2.72. The first-order valence-electron chi connectivity index (χ1n) is 11.1. The van der Waals surface area contributed by atoms with E-state index in [-0.39, 0.29) is 39.0 Å². The molecule has 0 atom stereocenters. The van der Waals surface area contributed by atoms with Gasteiger partial charge in [0.05, 0.1) is 36.1 Å². The van der Waals surface area contributed by atoms with Crippen LogP contribution in [0.2, 0.25) is 0 Å². The number of methoxy groups -OCH3 is 2. The van der Waals surface area contributed by atoms with Crippen molar-refractivity contribution < 1.29 is 39.5 Å². The fourth-order valence-electron chi connectivity index (χ4n) is 4.84. The number of hydrogen-bond donors (Lipinski definition) is 4. The van der Waals surface area contributed by atoms with Crippen LogP contribution in [0.25, 0.3) is 32.7 Å². The molecule has 186 valence electrons. The molecule has 0 amide bonds. The Bertz CT molecular complexity index is 1610. The maximum absolute atomic E-state index is 12.2. The first-order chi connectivity index (χ1) is 16.9. The van der Waals surface area contributed by atoms with Crippen molar-refractivity contribution in [2.75, 3.05) is 14.2 Å². The lowest BCUT2D eigenvalue weighted by Crippen LogP contribution is -2.01. The monoisotopic (exact) mass is 490 g/mol. The number of benzene rings is 4. The summed E-state index contributed by atoms with van der Waals surface area (Å²) in [5.41, 5.74) is 1.45. The lowest BCUT2D eigenvalue weighted by atomic mass is 9.90. The minimum atomic E-state index is -0.584. The number of carbonyl (C=O) groups excluding carboxylic acids is 2. The van der Waals surface area contributed by atoms with Crippen LogP contribution >= 0.6 is 0 Å². The largest absolute Gasteiger partial charge is 0.507 e. The van der Waals surface area contributed by atoms with Gasteiger partial charge in [0.1, 0.15) is 23.0 Å². The second-order valence-corrected chi connectivity index (χ2v) is 8.73. The van der Waals surface area contributed by atoms with Crippen LogP contribution in [0.4, 0.5) is 0 Å². The second kappa shape index (κ2) is 8.64. The van der Waals surface area contributed by atoms with Gasteiger partial charge in [0.15, 0.2) is 23.1 Å². The van der Waals surface area contributed by atoms with E-state index in [2.05, 4.69) is 0 Å². The molecule has 4 aromatic carbocycles. The van der Waals surface area contributed by atoms with E-state index in [9.17, 15) is 30.0 Å². The first-order valence-corrected chi connectivity index (χ1v) is 11.1. The molecular formula is C28H26O8. The van der Waals surface area contributed by atoms with Crippen molar-refractivity contribution in [1.82, 2.24) is 0 Å². The summed E-state index contributed by atoms with van der Waals surface area (Å²) in [6.07, 6.45) is 0. The Hall–Kier alpha value is -4.46. The van der Waals surface area contributed by atoms with E-state index in [0.29, 0.717) is 22.3 Å². The third kappa shape index (κ3) is 3.45. The second-order valence-electron chi connectivity index (χ2n) is 8.73. The molecule has 0 saturated heterocycles. The van der Waals surface area contributed by atoms with E-state index >= 15 is 0 Å². The summed E-state index contributed by atoms with van der Waals surface area (Å²) in [4.78, 5) is 24.4. The summed E-state index contributed by atoms with van der Waals surface area (Å²) in [6.45, 7) is 5.94. The number of fused-ring (bicyclic) bond motifs is 2. The molecule has 4 rings (SSSR count). The lowest BCUT2D eigenvalue weighted by molar-refractivity contribution is 0.100. The molecule has 0 fully saturated rings. The Morgan fingerprint density at radius 2 is 1.33 bits per heavy atom. The highest BCUT2D eigenvalue weighted by atomic mass is 16.5. The van der Waals surface area contributed by atoms with Gasteiger partial charge in [-0.1, -0.05) is 6.07 Å². The number of Topliss-reactive ketones (excluding diaryl/α,β-unsaturated/α-hetero) is 2. The fraction of sp³-hybridized carbons (Fsp3) is 0.214. The third-order valence-electron chi connectivity index (χ3n) is 6.55. The van der Waals surface area contributed by atoms with Crippen molar-refractivity contribution in [3.8, 4) is 45.6 Å². The van der Waals surface area contributed by atoms with Gasteiger partial charge in [0.25, 0.3) is 0 Å². The molecule has 0 saturated carbocycles. The van der Waals surface area contributed by atoms with Crippen LogP contribution in [0, 0.1) is 13.8 Å². The zero-order valence-electron chi connectivity index (χ0n) is 20.7. The maximum Gasteiger partial charge on any atom is 0.173 e. The molecule has 4 N–H and O–H groups in total. The van der Waals surface area contributed by atoms with Crippen molar-refractivity contribution in [2.24, 2.45) is 0 Å². The van der Waals surface area contributed by atoms with Gasteiger partial charge in [-0.3, -0.25) is 9.59 Å². The molecular weight excluding hydrogens is 464 g/mol. The zero-order valence-corrected chi connectivity index (χ0v) is 20.7. The number of ether oxygens (including phenoxy) is 2. The normalized spacial score (nSPS) is 11.2. The van der Waals surface area contributed by atoms with E-state index in [1.165, 1.54) is 35.0 Å². The standard InChI is InChI=1S/C28H26O8/c1-11-7-15-10-19(35-5)18(9-16(15)8-17(11)13(3)29)21-26(33)23-22(27(34)28(21)36-6)24(31)12(2)20(14(4)30)25(23)32/h7-10,31-34H,1-6H3. The molecule has 36 heavy (non-hydrogen) atoms. The van der Waals surface area contributed by atoms with Gasteiger partial charge in [-0.2, -0.15) is 0 Å². The lowest BCUT2D eigenvalue weighted by Gasteiger charge is -2.21. The predicted octanol–water partition coefficient (Wildman–Crippen LogP) is 5.52. The van der Waals surface area contributed by atoms with Crippen LogP contribution in [0.15, 0.2) is 24.3 Å². The van der Waals surface area contributed by atoms with Crippen LogP contribution in [-0.4, -0.2) is 46.2 Å². The first kappa shape index (κ1) is 24.7. The van der Waals surface area contributed by atoms with Gasteiger partial charge in [0.2, 0.25) is 0 Å². The van der Waals surface area contributed by atoms with Crippen LogP contribution in [0.1, 0.15) is 45.7 Å². The zero-order chi connectivity index (χ0) is 26.6. The highest BCUT2D eigenvalue weighted by Gasteiger charge is 2.30. The van der Waals surface area contributed by atoms with Gasteiger partial charge in [-0.05, 0) is 62.2 Å². The molecule has 0 aliphatic heterocycles. The molecule has 0 aliphatic carbocycles. The number of phenolic OH excluding ortho intramolecular Hbond substituents is 4. The molecule has 0 heterocycles. The summed E-state index contributed by atoms with van der Waals surface area (Å²) in [5.74, 6) is -2.64. The van der Waals surface area contributed by atoms with Gasteiger partial charge >= 0.3 is 0 Å². The van der Waals surface area contributed by atoms with Gasteiger partial charge in [0, 0.05) is 16.7 Å². The van der Waals surface area contributed by atoms with Gasteiger partial charge in [-0.15, -0.1) is 0 Å². The van der Waals surface area contributed by atoms with E-state index in [4.69, 9.17) is 9.47 Å². The van der Waals surface area contributed by atoms with Gasteiger partial charge in [-0.25, -0.2) is 0 Å². The van der Waals surface area contributed by atoms with E-state index in [0.717, 1.165) is 10.9 Å². The average Bonchev–Trinajstić information content (AvgIpc) is 2.81. The average molecular weight is 491 g/mol. The molecule has 0 bridgehead atoms. The van der Waals surface area contributed by atoms with Crippen molar-refractivity contribution in [3.05, 3.63) is 46.5 Å². The molecule has 8 heteroatoms. The Morgan fingerprint density at radius 3 is 1.89 bits per heavy atom. The highest BCUT2D eigenvalue weighted by molar-refractivity contribution is 6.15. The minimum absolute atomic E-state index is 0.0285. The summed E-state index contributed by atoms with van der Waals surface area (Å²) in [6, 6.07) is 6.95. The number of ketones is 2. The number of carbonyl (C=O) groups is 2. The van der Waals surface area contributed by atoms with Crippen LogP contribution in [0.5, 0.6) is 34.5 Å². The Kier molecular flexibility index (Phi) is 5.92. The van der Waals surface area contributed by atoms with E-state index < -0.39 is 28.8 Å². The molecule has 0 aliphatic rings. The third-order valence-corrected chi connectivity index (χ3v) is 6.55. The Morgan fingerprint density at radius 1 is 0.722 bits per heavy atom. The quantitative estimate of drug-likeness (QED) is 0.212. The molecule has 8 nitrogen and oxygen atoms in total. The van der Waals surface area contributed by atoms with E-state index in [1.807, 2.05) is 13.0 Å². The number of phenols is 4. The van der Waals surface area contributed by atoms with Crippen molar-refractivity contribution in [2.45, 2.75) is 27.7 Å². The highest BCUT2D eigenvalue weighted by Crippen LogP contribution is 2.57. The summed E-state index contributed by atoms with van der Waals surface area (Å²) >= 11 is 0. The topological polar surface area (TPSA) is 134 Å². The minimum Gasteiger partial charge on any atom is -0.507 e. The van der Waals surface area contributed by atoms with Crippen LogP contribution < -0.4 is 9.47 Å². The number of rotatable bonds is 5. The Labute approximate surface area is 206 Å². The summed E-state index contributed by atoms with van der Waals surface area (Å²) < 4.78 is 11.0. The van der Waals surface area contributed by atoms with Crippen molar-refractivity contribution >= 4 is 33.1 Å². The molecule has 0 unspecified atom stereocenters. The molecule has 0 aromatic heterocycles. The molecule has 4 aromatic rings. The van der Waals surface area contributed by atoms with Crippen molar-refractivity contribution in [1.29, 1.82) is 0 Å². The summed E-state index contributed by atoms with van der Waals surface area (Å²) in [5, 5.41) is 45.2. The Balaban J connectivity index is 2.22. The van der Waals surface area contributed by atoms with Crippen LogP contribution in [-0.2, 0) is 0 Å². The maximum atomic E-state index is 12.2.